The van der Waals surface area contributed by atoms with Gasteiger partial charge in [0.15, 0.2) is 0 Å². The smallest absolute Gasteiger partial charge is 0.255 e. The molecule has 1 fully saturated rings. The average molecular weight is 294 g/mol. The van der Waals surface area contributed by atoms with Crippen molar-refractivity contribution in [1.29, 1.82) is 5.26 Å². The number of benzene rings is 1. The Morgan fingerprint density at radius 1 is 1.23 bits per heavy atom. The highest BCUT2D eigenvalue weighted by atomic mass is 16.5. The molecule has 22 heavy (non-hydrogen) atoms. The minimum Gasteiger partial charge on any atom is -0.376 e. The molecule has 4 nitrogen and oxygen atoms in total. The van der Waals surface area contributed by atoms with Gasteiger partial charge in [-0.05, 0) is 24.5 Å². The van der Waals surface area contributed by atoms with E-state index in [1.165, 1.54) is 0 Å². The average Bonchev–Trinajstić information content (AvgIpc) is 3.05. The highest BCUT2D eigenvalue weighted by Crippen LogP contribution is 2.21. The highest BCUT2D eigenvalue weighted by molar-refractivity contribution is 5.59. The molecule has 0 aliphatic carbocycles. The predicted octanol–water partition coefficient (Wildman–Crippen LogP) is 2.76. The van der Waals surface area contributed by atoms with E-state index in [0.717, 1.165) is 30.7 Å². The zero-order valence-corrected chi connectivity index (χ0v) is 12.4. The molecule has 1 aromatic heterocycles. The number of aromatic nitrogens is 1. The lowest BCUT2D eigenvalue weighted by Crippen LogP contribution is -2.29. The van der Waals surface area contributed by atoms with E-state index in [9.17, 15) is 4.79 Å². The number of ether oxygens (including phenoxy) is 1. The number of nitrogens with zero attached hydrogens (tertiary/aromatic N) is 2. The Kier molecular flexibility index (Phi) is 4.36. The van der Waals surface area contributed by atoms with Gasteiger partial charge in [0.25, 0.3) is 5.56 Å². The Bertz CT molecular complexity index is 738. The summed E-state index contributed by atoms with van der Waals surface area (Å²) in [5.41, 5.74) is 2.34. The minimum absolute atomic E-state index is 0.0810. The molecule has 1 aromatic carbocycles. The van der Waals surface area contributed by atoms with Crippen LogP contribution in [-0.4, -0.2) is 17.3 Å². The van der Waals surface area contributed by atoms with Crippen molar-refractivity contribution < 1.29 is 4.74 Å². The molecule has 4 heteroatoms. The van der Waals surface area contributed by atoms with Crippen LogP contribution in [0.4, 0.5) is 0 Å². The van der Waals surface area contributed by atoms with E-state index in [2.05, 4.69) is 6.07 Å². The molecule has 1 saturated heterocycles. The van der Waals surface area contributed by atoms with E-state index in [0.29, 0.717) is 12.1 Å². The molecule has 0 radical (unpaired) electrons. The van der Waals surface area contributed by atoms with E-state index >= 15 is 0 Å². The minimum atomic E-state index is -0.0848. The Balaban J connectivity index is 2.06. The van der Waals surface area contributed by atoms with Crippen LogP contribution in [0.1, 0.15) is 18.4 Å². The lowest BCUT2D eigenvalue weighted by atomic mass is 10.1. The molecule has 1 aliphatic rings. The van der Waals surface area contributed by atoms with Crippen LogP contribution in [0.5, 0.6) is 0 Å². The SMILES string of the molecule is N#CCc1ccc(-c2ccccc2)n(CC2CCCO2)c1=O. The third kappa shape index (κ3) is 2.95. The molecule has 0 saturated carbocycles. The number of pyridine rings is 1. The zero-order valence-electron chi connectivity index (χ0n) is 12.4. The fraction of sp³-hybridized carbons (Fsp3) is 0.333. The second kappa shape index (κ2) is 6.59. The zero-order chi connectivity index (χ0) is 15.4. The van der Waals surface area contributed by atoms with Gasteiger partial charge in [-0.2, -0.15) is 5.26 Å². The standard InChI is InChI=1S/C18H18N2O2/c19-11-10-15-8-9-17(14-5-2-1-3-6-14)20(18(15)21)13-16-7-4-12-22-16/h1-3,5-6,8-9,16H,4,7,10,12-13H2. The number of nitriles is 1. The van der Waals surface area contributed by atoms with Crippen molar-refractivity contribution in [2.24, 2.45) is 0 Å². The molecule has 0 N–H and O–H groups in total. The van der Waals surface area contributed by atoms with Gasteiger partial charge >= 0.3 is 0 Å². The summed E-state index contributed by atoms with van der Waals surface area (Å²) in [5, 5.41) is 8.88. The summed E-state index contributed by atoms with van der Waals surface area (Å²) in [4.78, 5) is 12.7. The molecule has 0 spiro atoms. The van der Waals surface area contributed by atoms with Crippen LogP contribution in [0.2, 0.25) is 0 Å². The van der Waals surface area contributed by atoms with Crippen molar-refractivity contribution in [3.63, 3.8) is 0 Å². The molecule has 1 aliphatic heterocycles. The Morgan fingerprint density at radius 3 is 2.73 bits per heavy atom. The lowest BCUT2D eigenvalue weighted by molar-refractivity contribution is 0.0965. The summed E-state index contributed by atoms with van der Waals surface area (Å²) < 4.78 is 7.44. The van der Waals surface area contributed by atoms with Gasteiger partial charge in [-0.15, -0.1) is 0 Å². The van der Waals surface area contributed by atoms with Crippen LogP contribution in [-0.2, 0) is 17.7 Å². The van der Waals surface area contributed by atoms with Crippen molar-refractivity contribution in [3.8, 4) is 17.3 Å². The van der Waals surface area contributed by atoms with Crippen LogP contribution in [0.15, 0.2) is 47.3 Å². The molecule has 1 atom stereocenters. The Labute approximate surface area is 129 Å². The maximum absolute atomic E-state index is 12.7. The maximum Gasteiger partial charge on any atom is 0.255 e. The number of hydrogen-bond acceptors (Lipinski definition) is 3. The topological polar surface area (TPSA) is 55.0 Å². The molecular formula is C18H18N2O2. The summed E-state index contributed by atoms with van der Waals surface area (Å²) in [6.07, 6.45) is 2.23. The van der Waals surface area contributed by atoms with Crippen molar-refractivity contribution in [2.75, 3.05) is 6.61 Å². The first kappa shape index (κ1) is 14.6. The Morgan fingerprint density at radius 2 is 2.05 bits per heavy atom. The van der Waals surface area contributed by atoms with Gasteiger partial charge in [0.05, 0.1) is 30.8 Å². The van der Waals surface area contributed by atoms with E-state index in [1.54, 1.807) is 10.6 Å². The first-order valence-electron chi connectivity index (χ1n) is 7.56. The predicted molar refractivity (Wildman–Crippen MR) is 84.4 cm³/mol. The van der Waals surface area contributed by atoms with E-state index < -0.39 is 0 Å². The molecular weight excluding hydrogens is 276 g/mol. The van der Waals surface area contributed by atoms with Gasteiger partial charge in [-0.1, -0.05) is 36.4 Å². The van der Waals surface area contributed by atoms with Crippen molar-refractivity contribution in [3.05, 3.63) is 58.4 Å². The van der Waals surface area contributed by atoms with Crippen LogP contribution in [0.3, 0.4) is 0 Å². The van der Waals surface area contributed by atoms with Gasteiger partial charge < -0.3 is 9.30 Å². The largest absolute Gasteiger partial charge is 0.376 e. The highest BCUT2D eigenvalue weighted by Gasteiger charge is 2.19. The fourth-order valence-corrected chi connectivity index (χ4v) is 2.88. The molecule has 1 unspecified atom stereocenters. The van der Waals surface area contributed by atoms with Gasteiger partial charge in [0, 0.05) is 12.2 Å². The monoisotopic (exact) mass is 294 g/mol. The maximum atomic E-state index is 12.7. The third-order valence-corrected chi connectivity index (χ3v) is 4.00. The summed E-state index contributed by atoms with van der Waals surface area (Å²) in [7, 11) is 0. The molecule has 2 aromatic rings. The third-order valence-electron chi connectivity index (χ3n) is 4.00. The lowest BCUT2D eigenvalue weighted by Gasteiger charge is -2.17. The Hall–Kier alpha value is -2.38. The van der Waals surface area contributed by atoms with Crippen LogP contribution < -0.4 is 5.56 Å². The number of hydrogen-bond donors (Lipinski definition) is 0. The van der Waals surface area contributed by atoms with E-state index in [1.807, 2.05) is 36.4 Å². The number of rotatable bonds is 4. The van der Waals surface area contributed by atoms with E-state index in [-0.39, 0.29) is 18.1 Å². The van der Waals surface area contributed by atoms with Crippen LogP contribution in [0.25, 0.3) is 11.3 Å². The normalized spacial score (nSPS) is 17.3. The molecule has 0 amide bonds. The molecule has 2 heterocycles. The summed E-state index contributed by atoms with van der Waals surface area (Å²) in [6, 6.07) is 15.6. The van der Waals surface area contributed by atoms with Gasteiger partial charge in [0.1, 0.15) is 0 Å². The summed E-state index contributed by atoms with van der Waals surface area (Å²) in [6.45, 7) is 1.31. The van der Waals surface area contributed by atoms with E-state index in [4.69, 9.17) is 10.00 Å². The second-order valence-electron chi connectivity index (χ2n) is 5.50. The first-order valence-corrected chi connectivity index (χ1v) is 7.56. The van der Waals surface area contributed by atoms with Gasteiger partial charge in [-0.25, -0.2) is 0 Å². The van der Waals surface area contributed by atoms with Crippen molar-refractivity contribution in [2.45, 2.75) is 31.9 Å². The fourth-order valence-electron chi connectivity index (χ4n) is 2.88. The van der Waals surface area contributed by atoms with Gasteiger partial charge in [0.2, 0.25) is 0 Å². The summed E-state index contributed by atoms with van der Waals surface area (Å²) in [5.74, 6) is 0. The first-order chi connectivity index (χ1) is 10.8. The van der Waals surface area contributed by atoms with Crippen LogP contribution >= 0.6 is 0 Å². The molecule has 0 bridgehead atoms. The quantitative estimate of drug-likeness (QED) is 0.871. The van der Waals surface area contributed by atoms with Gasteiger partial charge in [-0.3, -0.25) is 4.79 Å². The summed E-state index contributed by atoms with van der Waals surface area (Å²) >= 11 is 0. The van der Waals surface area contributed by atoms with Crippen molar-refractivity contribution in [1.82, 2.24) is 4.57 Å². The molecule has 3 rings (SSSR count). The van der Waals surface area contributed by atoms with Crippen LogP contribution in [0, 0.1) is 11.3 Å². The second-order valence-corrected chi connectivity index (χ2v) is 5.50. The molecule has 112 valence electrons. The van der Waals surface area contributed by atoms with Crippen molar-refractivity contribution >= 4 is 0 Å².